The first-order valence-electron chi connectivity index (χ1n) is 8.67. The molecule has 3 unspecified atom stereocenters. The second-order valence-corrected chi connectivity index (χ2v) is 7.96. The number of carbonyl (C=O) groups is 1. The maximum Gasteiger partial charge on any atom is 0.312 e. The van der Waals surface area contributed by atoms with Crippen LogP contribution in [0.1, 0.15) is 70.4 Å². The number of fused-ring (bicyclic) bond motifs is 2. The first-order chi connectivity index (χ1) is 10.3. The predicted octanol–water partition coefficient (Wildman–Crippen LogP) is 4.86. The van der Waals surface area contributed by atoms with E-state index in [1.807, 2.05) is 0 Å². The molecule has 2 fully saturated rings. The van der Waals surface area contributed by atoms with Gasteiger partial charge in [0.1, 0.15) is 5.60 Å². The third-order valence-corrected chi connectivity index (χ3v) is 6.01. The Labute approximate surface area is 134 Å². The predicted molar refractivity (Wildman–Crippen MR) is 88.8 cm³/mol. The van der Waals surface area contributed by atoms with Gasteiger partial charge in [0.15, 0.2) is 0 Å². The smallest absolute Gasteiger partial charge is 0.312 e. The summed E-state index contributed by atoms with van der Waals surface area (Å²) in [6.07, 6.45) is 5.19. The van der Waals surface area contributed by atoms with E-state index in [1.165, 1.54) is 11.1 Å². The van der Waals surface area contributed by atoms with Crippen molar-refractivity contribution >= 4 is 5.97 Å². The van der Waals surface area contributed by atoms with E-state index in [0.717, 1.165) is 32.1 Å². The molecule has 2 heteroatoms. The molecular formula is C20H28O2. The van der Waals surface area contributed by atoms with E-state index in [0.29, 0.717) is 11.8 Å². The minimum atomic E-state index is -0.261. The molecule has 0 spiro atoms. The molecule has 3 rings (SSSR count). The molecule has 1 saturated heterocycles. The van der Waals surface area contributed by atoms with Crippen molar-refractivity contribution in [2.45, 2.75) is 71.3 Å². The van der Waals surface area contributed by atoms with E-state index in [4.69, 9.17) is 4.74 Å². The highest BCUT2D eigenvalue weighted by atomic mass is 16.6. The molecule has 1 aliphatic heterocycles. The van der Waals surface area contributed by atoms with E-state index >= 15 is 0 Å². The molecule has 1 saturated carbocycles. The van der Waals surface area contributed by atoms with E-state index in [9.17, 15) is 4.79 Å². The van der Waals surface area contributed by atoms with Crippen LogP contribution in [0.4, 0.5) is 0 Å². The van der Waals surface area contributed by atoms with Crippen LogP contribution in [0.3, 0.4) is 0 Å². The lowest BCUT2D eigenvalue weighted by atomic mass is 9.62. The third kappa shape index (κ3) is 2.47. The van der Waals surface area contributed by atoms with E-state index in [-0.39, 0.29) is 17.0 Å². The van der Waals surface area contributed by atoms with Crippen molar-refractivity contribution in [2.75, 3.05) is 0 Å². The highest BCUT2D eigenvalue weighted by Gasteiger charge is 2.61. The number of aryl methyl sites for hydroxylation is 1. The van der Waals surface area contributed by atoms with Crippen molar-refractivity contribution in [1.82, 2.24) is 0 Å². The number of hydrogen-bond donors (Lipinski definition) is 0. The fourth-order valence-corrected chi connectivity index (χ4v) is 4.57. The Bertz CT molecular complexity index is 577. The molecule has 1 aromatic carbocycles. The molecule has 120 valence electrons. The first kappa shape index (κ1) is 15.6. The zero-order valence-electron chi connectivity index (χ0n) is 14.3. The molecule has 3 atom stereocenters. The Morgan fingerprint density at radius 3 is 2.73 bits per heavy atom. The maximum absolute atomic E-state index is 12.3. The quantitative estimate of drug-likeness (QED) is 0.742. The van der Waals surface area contributed by atoms with Gasteiger partial charge in [0.05, 0.1) is 5.41 Å². The van der Waals surface area contributed by atoms with Gasteiger partial charge in [0, 0.05) is 5.92 Å². The van der Waals surface area contributed by atoms with Gasteiger partial charge in [-0.25, -0.2) is 0 Å². The van der Waals surface area contributed by atoms with Gasteiger partial charge in [-0.05, 0) is 63.0 Å². The number of esters is 1. The molecule has 2 aliphatic rings. The highest BCUT2D eigenvalue weighted by Crippen LogP contribution is 2.56. The van der Waals surface area contributed by atoms with Crippen LogP contribution >= 0.6 is 0 Å². The monoisotopic (exact) mass is 300 g/mol. The molecule has 1 aliphatic carbocycles. The fraction of sp³-hybridized carbons (Fsp3) is 0.650. The second-order valence-electron chi connectivity index (χ2n) is 7.96. The molecule has 2 nitrogen and oxygen atoms in total. The number of rotatable bonds is 4. The fourth-order valence-electron chi connectivity index (χ4n) is 4.57. The van der Waals surface area contributed by atoms with E-state index in [1.54, 1.807) is 0 Å². The molecular weight excluding hydrogens is 272 g/mol. The zero-order chi connectivity index (χ0) is 16.0. The third-order valence-electron chi connectivity index (χ3n) is 6.01. The van der Waals surface area contributed by atoms with Gasteiger partial charge in [0.25, 0.3) is 0 Å². The van der Waals surface area contributed by atoms with Gasteiger partial charge >= 0.3 is 5.97 Å². The molecule has 1 aromatic rings. The summed E-state index contributed by atoms with van der Waals surface area (Å²) >= 11 is 0. The lowest BCUT2D eigenvalue weighted by Gasteiger charge is -2.39. The summed E-state index contributed by atoms with van der Waals surface area (Å²) in [5.74, 6) is 0.947. The van der Waals surface area contributed by atoms with Crippen LogP contribution in [0.25, 0.3) is 0 Å². The Kier molecular flexibility index (Phi) is 3.82. The Balaban J connectivity index is 1.76. The average Bonchev–Trinajstić information content (AvgIpc) is 2.56. The Hall–Kier alpha value is -1.31. The minimum Gasteiger partial charge on any atom is -0.459 e. The van der Waals surface area contributed by atoms with Crippen LogP contribution < -0.4 is 0 Å². The van der Waals surface area contributed by atoms with Gasteiger partial charge in [-0.1, -0.05) is 38.1 Å². The molecule has 0 N–H and O–H groups in total. The summed E-state index contributed by atoms with van der Waals surface area (Å²) in [6, 6.07) is 8.89. The topological polar surface area (TPSA) is 26.3 Å². The number of ether oxygens (including phenoxy) is 1. The van der Waals surface area contributed by atoms with E-state index < -0.39 is 0 Å². The number of benzene rings is 1. The van der Waals surface area contributed by atoms with Crippen molar-refractivity contribution in [1.29, 1.82) is 0 Å². The van der Waals surface area contributed by atoms with Crippen LogP contribution in [0.5, 0.6) is 0 Å². The van der Waals surface area contributed by atoms with Gasteiger partial charge in [-0.2, -0.15) is 0 Å². The highest BCUT2D eigenvalue weighted by molar-refractivity contribution is 5.80. The van der Waals surface area contributed by atoms with Crippen LogP contribution in [0.2, 0.25) is 0 Å². The standard InChI is InChI=1S/C20H28O2/c1-14(2)16-8-5-7-15(13-16)9-10-17-19(3)11-6-12-20(17,4)22-18(19)21/h5,7-8,13-14,17H,6,9-12H2,1-4H3. The van der Waals surface area contributed by atoms with Crippen molar-refractivity contribution in [2.24, 2.45) is 11.3 Å². The SMILES string of the molecule is CC(C)c1cccc(CCC2C3(C)CCCC2(C)C(=O)O3)c1. The second kappa shape index (κ2) is 5.40. The molecule has 0 amide bonds. The number of hydrogen-bond acceptors (Lipinski definition) is 2. The van der Waals surface area contributed by atoms with Gasteiger partial charge in [-0.15, -0.1) is 0 Å². The molecule has 22 heavy (non-hydrogen) atoms. The van der Waals surface area contributed by atoms with Gasteiger partial charge < -0.3 is 4.74 Å². The summed E-state index contributed by atoms with van der Waals surface area (Å²) < 4.78 is 5.80. The van der Waals surface area contributed by atoms with Crippen LogP contribution in [0, 0.1) is 11.3 Å². The Morgan fingerprint density at radius 1 is 1.27 bits per heavy atom. The van der Waals surface area contributed by atoms with Crippen molar-refractivity contribution in [3.8, 4) is 0 Å². The van der Waals surface area contributed by atoms with Crippen molar-refractivity contribution in [3.05, 3.63) is 35.4 Å². The lowest BCUT2D eigenvalue weighted by molar-refractivity contribution is -0.151. The van der Waals surface area contributed by atoms with Gasteiger partial charge in [0.2, 0.25) is 0 Å². The molecule has 0 aromatic heterocycles. The summed E-state index contributed by atoms with van der Waals surface area (Å²) in [4.78, 5) is 12.3. The van der Waals surface area contributed by atoms with Crippen LogP contribution in [-0.2, 0) is 16.0 Å². The largest absolute Gasteiger partial charge is 0.459 e. The van der Waals surface area contributed by atoms with Crippen molar-refractivity contribution in [3.63, 3.8) is 0 Å². The summed E-state index contributed by atoms with van der Waals surface area (Å²) in [6.45, 7) is 8.73. The summed E-state index contributed by atoms with van der Waals surface area (Å²) in [7, 11) is 0. The van der Waals surface area contributed by atoms with Crippen LogP contribution in [0.15, 0.2) is 24.3 Å². The molecule has 1 heterocycles. The van der Waals surface area contributed by atoms with E-state index in [2.05, 4.69) is 52.0 Å². The Morgan fingerprint density at radius 2 is 2.05 bits per heavy atom. The summed E-state index contributed by atoms with van der Waals surface area (Å²) in [5, 5.41) is 0. The zero-order valence-corrected chi connectivity index (χ0v) is 14.3. The van der Waals surface area contributed by atoms with Gasteiger partial charge in [-0.3, -0.25) is 4.79 Å². The van der Waals surface area contributed by atoms with Crippen molar-refractivity contribution < 1.29 is 9.53 Å². The first-order valence-corrected chi connectivity index (χ1v) is 8.67. The molecule has 2 bridgehead atoms. The average molecular weight is 300 g/mol. The maximum atomic E-state index is 12.3. The molecule has 0 radical (unpaired) electrons. The van der Waals surface area contributed by atoms with Crippen LogP contribution in [-0.4, -0.2) is 11.6 Å². The lowest BCUT2D eigenvalue weighted by Crippen LogP contribution is -2.42. The summed E-state index contributed by atoms with van der Waals surface area (Å²) in [5.41, 5.74) is 2.28. The minimum absolute atomic E-state index is 0.0356. The normalized spacial score (nSPS) is 34.0. The number of carbonyl (C=O) groups excluding carboxylic acids is 1.